The van der Waals surface area contributed by atoms with Gasteiger partial charge in [0.15, 0.2) is 9.84 Å². The van der Waals surface area contributed by atoms with Crippen molar-refractivity contribution in [2.24, 2.45) is 5.92 Å². The van der Waals surface area contributed by atoms with Crippen molar-refractivity contribution in [1.82, 2.24) is 0 Å². The molecule has 1 aromatic rings. The van der Waals surface area contributed by atoms with Gasteiger partial charge in [0.25, 0.3) is 0 Å². The first kappa shape index (κ1) is 14.1. The van der Waals surface area contributed by atoms with Gasteiger partial charge in [0.2, 0.25) is 5.91 Å². The van der Waals surface area contributed by atoms with Gasteiger partial charge in [0.1, 0.15) is 0 Å². The Morgan fingerprint density at radius 2 is 2.11 bits per heavy atom. The van der Waals surface area contributed by atoms with Gasteiger partial charge in [0, 0.05) is 5.69 Å². The van der Waals surface area contributed by atoms with E-state index in [4.69, 9.17) is 0 Å². The van der Waals surface area contributed by atoms with Crippen LogP contribution in [0.4, 0.5) is 5.69 Å². The van der Waals surface area contributed by atoms with Crippen LogP contribution in [0, 0.1) is 5.92 Å². The zero-order valence-corrected chi connectivity index (χ0v) is 12.0. The van der Waals surface area contributed by atoms with Gasteiger partial charge in [-0.15, -0.1) is 0 Å². The van der Waals surface area contributed by atoms with Gasteiger partial charge in [-0.3, -0.25) is 4.79 Å². The lowest BCUT2D eigenvalue weighted by molar-refractivity contribution is -0.119. The number of sulfone groups is 1. The molecule has 0 aliphatic carbocycles. The fourth-order valence-electron chi connectivity index (χ4n) is 2.22. The van der Waals surface area contributed by atoms with Crippen LogP contribution >= 0.6 is 0 Å². The average Bonchev–Trinajstić information content (AvgIpc) is 2.70. The smallest absolute Gasteiger partial charge is 0.228 e. The summed E-state index contributed by atoms with van der Waals surface area (Å²) in [6.45, 7) is 4.18. The van der Waals surface area contributed by atoms with Gasteiger partial charge < -0.3 is 5.32 Å². The summed E-state index contributed by atoms with van der Waals surface area (Å²) in [6, 6.07) is 7.68. The summed E-state index contributed by atoms with van der Waals surface area (Å²) in [5, 5.41) is 2.81. The molecule has 1 unspecified atom stereocenters. The zero-order valence-electron chi connectivity index (χ0n) is 11.2. The highest BCUT2D eigenvalue weighted by Crippen LogP contribution is 2.22. The number of anilines is 1. The Balaban J connectivity index is 2.05. The van der Waals surface area contributed by atoms with Crippen molar-refractivity contribution in [3.8, 4) is 0 Å². The summed E-state index contributed by atoms with van der Waals surface area (Å²) in [4.78, 5) is 12.0. The Hall–Kier alpha value is -1.36. The van der Waals surface area contributed by atoms with Crippen LogP contribution in [0.3, 0.4) is 0 Å². The third kappa shape index (κ3) is 3.56. The lowest BCUT2D eigenvalue weighted by atomic mass is 10.0. The number of hydrogen-bond acceptors (Lipinski definition) is 3. The van der Waals surface area contributed by atoms with E-state index in [1.165, 1.54) is 0 Å². The monoisotopic (exact) mass is 281 g/mol. The van der Waals surface area contributed by atoms with Crippen molar-refractivity contribution in [2.45, 2.75) is 26.2 Å². The quantitative estimate of drug-likeness (QED) is 0.923. The van der Waals surface area contributed by atoms with Crippen molar-refractivity contribution >= 4 is 21.4 Å². The van der Waals surface area contributed by atoms with Gasteiger partial charge in [0.05, 0.1) is 17.4 Å². The zero-order chi connectivity index (χ0) is 14.0. The van der Waals surface area contributed by atoms with E-state index in [1.807, 2.05) is 24.3 Å². The topological polar surface area (TPSA) is 63.2 Å². The Kier molecular flexibility index (Phi) is 3.94. The molecule has 1 aliphatic rings. The molecule has 1 amide bonds. The maximum Gasteiger partial charge on any atom is 0.228 e. The molecule has 104 valence electrons. The molecule has 0 aromatic heterocycles. The number of carbonyl (C=O) groups is 1. The molecule has 1 saturated heterocycles. The third-order valence-corrected chi connectivity index (χ3v) is 5.19. The number of rotatable bonds is 3. The fourth-order valence-corrected chi connectivity index (χ4v) is 3.96. The molecule has 1 atom stereocenters. The molecule has 0 bridgehead atoms. The lowest BCUT2D eigenvalue weighted by Crippen LogP contribution is -2.23. The largest absolute Gasteiger partial charge is 0.326 e. The van der Waals surface area contributed by atoms with Gasteiger partial charge >= 0.3 is 0 Å². The molecule has 0 spiro atoms. The van der Waals surface area contributed by atoms with Crippen molar-refractivity contribution < 1.29 is 13.2 Å². The highest BCUT2D eigenvalue weighted by atomic mass is 32.2. The maximum absolute atomic E-state index is 12.0. The summed E-state index contributed by atoms with van der Waals surface area (Å²) in [5.74, 6) is -0.113. The predicted octanol–water partition coefficient (Wildman–Crippen LogP) is 2.18. The Labute approximate surface area is 114 Å². The van der Waals surface area contributed by atoms with Crippen LogP contribution in [0.2, 0.25) is 0 Å². The van der Waals surface area contributed by atoms with E-state index in [2.05, 4.69) is 19.2 Å². The van der Waals surface area contributed by atoms with E-state index < -0.39 is 15.8 Å². The molecule has 4 nitrogen and oxygen atoms in total. The van der Waals surface area contributed by atoms with Crippen molar-refractivity contribution in [3.05, 3.63) is 29.8 Å². The van der Waals surface area contributed by atoms with E-state index in [9.17, 15) is 13.2 Å². The van der Waals surface area contributed by atoms with Crippen LogP contribution in [0.1, 0.15) is 31.7 Å². The average molecular weight is 281 g/mol. The van der Waals surface area contributed by atoms with Crippen LogP contribution in [0.15, 0.2) is 24.3 Å². The predicted molar refractivity (Wildman–Crippen MR) is 75.9 cm³/mol. The first-order valence-corrected chi connectivity index (χ1v) is 8.31. The molecule has 1 N–H and O–H groups in total. The molecule has 1 heterocycles. The van der Waals surface area contributed by atoms with Crippen LogP contribution in [0.5, 0.6) is 0 Å². The van der Waals surface area contributed by atoms with Crippen LogP contribution in [-0.4, -0.2) is 25.8 Å². The molecule has 0 radical (unpaired) electrons. The van der Waals surface area contributed by atoms with Crippen molar-refractivity contribution in [2.75, 3.05) is 16.8 Å². The van der Waals surface area contributed by atoms with Crippen molar-refractivity contribution in [3.63, 3.8) is 0 Å². The number of nitrogens with one attached hydrogen (secondary N) is 1. The minimum Gasteiger partial charge on any atom is -0.326 e. The summed E-state index contributed by atoms with van der Waals surface area (Å²) in [6.07, 6.45) is 0.429. The molecule has 0 saturated carbocycles. The minimum atomic E-state index is -3.02. The van der Waals surface area contributed by atoms with E-state index in [1.54, 1.807) is 0 Å². The van der Waals surface area contributed by atoms with Gasteiger partial charge in [-0.2, -0.15) is 0 Å². The number of hydrogen-bond donors (Lipinski definition) is 1. The Morgan fingerprint density at radius 1 is 1.37 bits per heavy atom. The summed E-state index contributed by atoms with van der Waals surface area (Å²) < 4.78 is 22.7. The standard InChI is InChI=1S/C14H19NO3S/c1-10(2)11-4-3-5-13(8-11)15-14(16)12-6-7-19(17,18)9-12/h3-5,8,10,12H,6-7,9H2,1-2H3,(H,15,16). The van der Waals surface area contributed by atoms with Gasteiger partial charge in [-0.05, 0) is 30.0 Å². The highest BCUT2D eigenvalue weighted by molar-refractivity contribution is 7.91. The van der Waals surface area contributed by atoms with Gasteiger partial charge in [-0.25, -0.2) is 8.42 Å². The molecule has 1 aromatic carbocycles. The van der Waals surface area contributed by atoms with E-state index in [0.717, 1.165) is 11.3 Å². The van der Waals surface area contributed by atoms with Gasteiger partial charge in [-0.1, -0.05) is 26.0 Å². The summed E-state index contributed by atoms with van der Waals surface area (Å²) in [7, 11) is -3.02. The second kappa shape index (κ2) is 5.33. The first-order valence-electron chi connectivity index (χ1n) is 6.48. The van der Waals surface area contributed by atoms with Crippen LogP contribution in [0.25, 0.3) is 0 Å². The minimum absolute atomic E-state index is 0.0251. The fraction of sp³-hybridized carbons (Fsp3) is 0.500. The Bertz CT molecular complexity index is 578. The molecule has 1 aliphatic heterocycles. The normalized spacial score (nSPS) is 21.5. The second-order valence-electron chi connectivity index (χ2n) is 5.37. The molecule has 19 heavy (non-hydrogen) atoms. The Morgan fingerprint density at radius 3 is 2.68 bits per heavy atom. The number of benzene rings is 1. The van der Waals surface area contributed by atoms with E-state index >= 15 is 0 Å². The van der Waals surface area contributed by atoms with Crippen molar-refractivity contribution in [1.29, 1.82) is 0 Å². The molecular weight excluding hydrogens is 262 g/mol. The molecule has 2 rings (SSSR count). The summed E-state index contributed by atoms with van der Waals surface area (Å²) >= 11 is 0. The second-order valence-corrected chi connectivity index (χ2v) is 7.60. The van der Waals surface area contributed by atoms with E-state index in [-0.39, 0.29) is 17.4 Å². The molecule has 1 fully saturated rings. The number of carbonyl (C=O) groups excluding carboxylic acids is 1. The first-order chi connectivity index (χ1) is 8.87. The van der Waals surface area contributed by atoms with Crippen LogP contribution < -0.4 is 5.32 Å². The lowest BCUT2D eigenvalue weighted by Gasteiger charge is -2.12. The molecule has 5 heteroatoms. The third-order valence-electron chi connectivity index (χ3n) is 3.42. The maximum atomic E-state index is 12.0. The highest BCUT2D eigenvalue weighted by Gasteiger charge is 2.32. The SMILES string of the molecule is CC(C)c1cccc(NC(=O)C2CCS(=O)(=O)C2)c1. The molecular formula is C14H19NO3S. The van der Waals surface area contributed by atoms with Crippen LogP contribution in [-0.2, 0) is 14.6 Å². The summed E-state index contributed by atoms with van der Waals surface area (Å²) in [5.41, 5.74) is 1.89. The van der Waals surface area contributed by atoms with E-state index in [0.29, 0.717) is 12.3 Å². The number of amides is 1.